The van der Waals surface area contributed by atoms with E-state index in [9.17, 15) is 20.0 Å². The molecule has 2 rings (SSSR count). The van der Waals surface area contributed by atoms with Gasteiger partial charge in [0.15, 0.2) is 11.5 Å². The highest BCUT2D eigenvalue weighted by atomic mass is 16.6. The summed E-state index contributed by atoms with van der Waals surface area (Å²) in [6.45, 7) is 0. The van der Waals surface area contributed by atoms with E-state index in [1.54, 1.807) is 18.2 Å². The van der Waals surface area contributed by atoms with Crippen LogP contribution in [0.5, 0.6) is 17.2 Å². The number of nitrogens with one attached hydrogen (secondary N) is 1. The molecule has 0 saturated carbocycles. The number of ether oxygens (including phenoxy) is 2. The molecule has 1 N–H and O–H groups in total. The fourth-order valence-corrected chi connectivity index (χ4v) is 2.19. The number of nitro groups is 1. The van der Waals surface area contributed by atoms with Crippen LogP contribution in [0, 0.1) is 10.1 Å². The minimum atomic E-state index is -0.633. The van der Waals surface area contributed by atoms with E-state index >= 15 is 0 Å². The summed E-state index contributed by atoms with van der Waals surface area (Å²) in [5.41, 5.74) is 2.67. The van der Waals surface area contributed by atoms with Crippen molar-refractivity contribution in [3.63, 3.8) is 0 Å². The first-order chi connectivity index (χ1) is 12.4. The van der Waals surface area contributed by atoms with Crippen LogP contribution in [0.2, 0.25) is 0 Å². The van der Waals surface area contributed by atoms with Crippen LogP contribution in [0.1, 0.15) is 11.1 Å². The molecule has 26 heavy (non-hydrogen) atoms. The van der Waals surface area contributed by atoms with Crippen LogP contribution in [0.4, 0.5) is 5.69 Å². The third-order valence-corrected chi connectivity index (χ3v) is 3.40. The highest BCUT2D eigenvalue weighted by Gasteiger charge is 2.11. The Bertz CT molecular complexity index is 850. The first kappa shape index (κ1) is 18.7. The number of hydrogen-bond acceptors (Lipinski definition) is 7. The molecule has 0 spiro atoms. The number of carbonyl (C=O) groups excluding carboxylic acids is 1. The van der Waals surface area contributed by atoms with Crippen LogP contribution < -0.4 is 20.0 Å². The Balaban J connectivity index is 2.04. The Kier molecular flexibility index (Phi) is 6.10. The van der Waals surface area contributed by atoms with Crippen molar-refractivity contribution in [2.24, 2.45) is 5.10 Å². The molecule has 0 atom stereocenters. The van der Waals surface area contributed by atoms with Crippen LogP contribution in [-0.2, 0) is 11.2 Å². The predicted molar refractivity (Wildman–Crippen MR) is 91.5 cm³/mol. The number of benzene rings is 2. The molecule has 9 heteroatoms. The van der Waals surface area contributed by atoms with Gasteiger partial charge in [0.05, 0.1) is 37.3 Å². The number of nitrogens with zero attached hydrogens (tertiary/aromatic N) is 2. The molecule has 0 aliphatic heterocycles. The monoisotopic (exact) mass is 358 g/mol. The van der Waals surface area contributed by atoms with Crippen LogP contribution >= 0.6 is 0 Å². The Morgan fingerprint density at radius 3 is 2.58 bits per heavy atom. The van der Waals surface area contributed by atoms with E-state index in [2.05, 4.69) is 10.5 Å². The Morgan fingerprint density at radius 1 is 1.19 bits per heavy atom. The summed E-state index contributed by atoms with van der Waals surface area (Å²) in [7, 11) is 3.00. The third kappa shape index (κ3) is 4.69. The number of hydrogen-bond donors (Lipinski definition) is 1. The summed E-state index contributed by atoms with van der Waals surface area (Å²) in [5, 5.41) is 25.9. The van der Waals surface area contributed by atoms with Crippen LogP contribution in [0.25, 0.3) is 0 Å². The molecule has 9 nitrogen and oxygen atoms in total. The van der Waals surface area contributed by atoms with Gasteiger partial charge in [-0.15, -0.1) is 5.75 Å². The van der Waals surface area contributed by atoms with Crippen molar-refractivity contribution < 1.29 is 24.3 Å². The zero-order chi connectivity index (χ0) is 19.1. The zero-order valence-corrected chi connectivity index (χ0v) is 14.1. The first-order valence-electron chi connectivity index (χ1n) is 7.43. The molecule has 0 heterocycles. The molecule has 0 bridgehead atoms. The lowest BCUT2D eigenvalue weighted by Crippen LogP contribution is -2.19. The summed E-state index contributed by atoms with van der Waals surface area (Å²) in [6.07, 6.45) is 1.08. The molecule has 0 unspecified atom stereocenters. The van der Waals surface area contributed by atoms with Crippen LogP contribution in [0.15, 0.2) is 41.5 Å². The van der Waals surface area contributed by atoms with E-state index in [1.807, 2.05) is 0 Å². The lowest BCUT2D eigenvalue weighted by atomic mass is 10.1. The van der Waals surface area contributed by atoms with Gasteiger partial charge in [-0.25, -0.2) is 5.43 Å². The molecule has 1 amide bonds. The average Bonchev–Trinajstić information content (AvgIpc) is 2.61. The van der Waals surface area contributed by atoms with Crippen molar-refractivity contribution in [3.05, 3.63) is 57.6 Å². The Hall–Kier alpha value is -3.62. The van der Waals surface area contributed by atoms with E-state index in [1.165, 1.54) is 14.2 Å². The molecule has 0 radical (unpaired) electrons. The molecule has 0 aliphatic carbocycles. The maximum atomic E-state index is 11.9. The van der Waals surface area contributed by atoms with Gasteiger partial charge in [-0.05, 0) is 17.7 Å². The Labute approximate surface area is 149 Å². The number of hydrazone groups is 1. The highest BCUT2D eigenvalue weighted by molar-refractivity contribution is 5.87. The molecular formula is C17H16N3O6-. The Morgan fingerprint density at radius 2 is 1.92 bits per heavy atom. The number of rotatable bonds is 7. The smallest absolute Gasteiger partial charge is 0.278 e. The molecule has 0 aliphatic rings. The SMILES string of the molecule is COc1ccc(CC(=O)N/N=C\c2cc([O-])ccc2[N+](=O)[O-])cc1OC. The summed E-state index contributed by atoms with van der Waals surface area (Å²) in [4.78, 5) is 22.2. The summed E-state index contributed by atoms with van der Waals surface area (Å²) in [6, 6.07) is 8.29. The molecule has 0 fully saturated rings. The molecule has 2 aromatic carbocycles. The zero-order valence-electron chi connectivity index (χ0n) is 14.1. The maximum absolute atomic E-state index is 11.9. The van der Waals surface area contributed by atoms with Crippen molar-refractivity contribution in [2.75, 3.05) is 14.2 Å². The first-order valence-corrected chi connectivity index (χ1v) is 7.43. The van der Waals surface area contributed by atoms with Gasteiger partial charge in [0.2, 0.25) is 5.91 Å². The van der Waals surface area contributed by atoms with Gasteiger partial charge in [0, 0.05) is 6.07 Å². The van der Waals surface area contributed by atoms with E-state index < -0.39 is 16.6 Å². The van der Waals surface area contributed by atoms with E-state index in [4.69, 9.17) is 9.47 Å². The quantitative estimate of drug-likeness (QED) is 0.453. The van der Waals surface area contributed by atoms with E-state index in [-0.39, 0.29) is 17.7 Å². The topological polar surface area (TPSA) is 126 Å². The van der Waals surface area contributed by atoms with Crippen molar-refractivity contribution in [3.8, 4) is 17.2 Å². The van der Waals surface area contributed by atoms with Gasteiger partial charge < -0.3 is 14.6 Å². The van der Waals surface area contributed by atoms with Gasteiger partial charge in [0.1, 0.15) is 0 Å². The van der Waals surface area contributed by atoms with Crippen molar-refractivity contribution in [1.82, 2.24) is 5.43 Å². The minimum absolute atomic E-state index is 0.00826. The maximum Gasteiger partial charge on any atom is 0.278 e. The predicted octanol–water partition coefficient (Wildman–Crippen LogP) is 1.38. The summed E-state index contributed by atoms with van der Waals surface area (Å²) >= 11 is 0. The molecule has 2 aromatic rings. The van der Waals surface area contributed by atoms with E-state index in [0.29, 0.717) is 17.1 Å². The molecule has 0 aromatic heterocycles. The molecular weight excluding hydrogens is 342 g/mol. The fraction of sp³-hybridized carbons (Fsp3) is 0.176. The minimum Gasteiger partial charge on any atom is -0.872 e. The number of nitro benzene ring substituents is 1. The van der Waals surface area contributed by atoms with Crippen molar-refractivity contribution in [1.29, 1.82) is 0 Å². The summed E-state index contributed by atoms with van der Waals surface area (Å²) in [5.74, 6) is 0.201. The second-order valence-electron chi connectivity index (χ2n) is 5.14. The standard InChI is InChI=1S/C17H17N3O6/c1-25-15-6-3-11(7-16(15)26-2)8-17(22)19-18-10-12-9-13(21)4-5-14(12)20(23)24/h3-7,9-10,21H,8H2,1-2H3,(H,19,22)/p-1/b18-10-. The van der Waals surface area contributed by atoms with Gasteiger partial charge >= 0.3 is 0 Å². The van der Waals surface area contributed by atoms with Crippen molar-refractivity contribution in [2.45, 2.75) is 6.42 Å². The average molecular weight is 358 g/mol. The van der Waals surface area contributed by atoms with Gasteiger partial charge in [0.25, 0.3) is 5.69 Å². The lowest BCUT2D eigenvalue weighted by molar-refractivity contribution is -0.385. The van der Waals surface area contributed by atoms with Crippen molar-refractivity contribution >= 4 is 17.8 Å². The van der Waals surface area contributed by atoms with E-state index in [0.717, 1.165) is 24.4 Å². The number of amides is 1. The van der Waals surface area contributed by atoms with Crippen LogP contribution in [0.3, 0.4) is 0 Å². The normalized spacial score (nSPS) is 10.5. The number of methoxy groups -OCH3 is 2. The summed E-state index contributed by atoms with van der Waals surface area (Å²) < 4.78 is 10.3. The third-order valence-electron chi connectivity index (χ3n) is 3.40. The van der Waals surface area contributed by atoms with Gasteiger partial charge in [-0.3, -0.25) is 14.9 Å². The largest absolute Gasteiger partial charge is 0.872 e. The second kappa shape index (κ2) is 8.47. The highest BCUT2D eigenvalue weighted by Crippen LogP contribution is 2.27. The number of carbonyl (C=O) groups is 1. The van der Waals surface area contributed by atoms with Crippen LogP contribution in [-0.4, -0.2) is 31.3 Å². The van der Waals surface area contributed by atoms with Gasteiger partial charge in [-0.2, -0.15) is 5.10 Å². The van der Waals surface area contributed by atoms with Gasteiger partial charge in [-0.1, -0.05) is 18.2 Å². The lowest BCUT2D eigenvalue weighted by Gasteiger charge is -2.09. The molecule has 0 saturated heterocycles. The fourth-order valence-electron chi connectivity index (χ4n) is 2.19. The second-order valence-corrected chi connectivity index (χ2v) is 5.14. The molecule has 136 valence electrons.